The second-order valence-corrected chi connectivity index (χ2v) is 8.69. The molecule has 3 aromatic carbocycles. The highest BCUT2D eigenvalue weighted by Gasteiger charge is 2.16. The molecule has 188 valence electrons. The zero-order chi connectivity index (χ0) is 26.0. The van der Waals surface area contributed by atoms with Gasteiger partial charge in [0, 0.05) is 29.0 Å². The second kappa shape index (κ2) is 12.3. The fraction of sp³-hybridized carbons (Fsp3) is 0.111. The highest BCUT2D eigenvalue weighted by molar-refractivity contribution is 7.14. The number of hydrogen-bond acceptors (Lipinski definition) is 7. The van der Waals surface area contributed by atoms with Gasteiger partial charge in [-0.25, -0.2) is 9.78 Å². The van der Waals surface area contributed by atoms with Crippen molar-refractivity contribution in [2.75, 3.05) is 29.2 Å². The third-order valence-electron chi connectivity index (χ3n) is 5.27. The molecular weight excluding hydrogens is 490 g/mol. The number of anilines is 4. The Bertz CT molecular complexity index is 1340. The summed E-state index contributed by atoms with van der Waals surface area (Å²) in [5, 5.41) is 10.1. The molecule has 1 heterocycles. The summed E-state index contributed by atoms with van der Waals surface area (Å²) in [6.07, 6.45) is 0. The number of carbonyl (C=O) groups excluding carboxylic acids is 3. The van der Waals surface area contributed by atoms with Crippen LogP contribution in [0.25, 0.3) is 0 Å². The Labute approximate surface area is 218 Å². The predicted molar refractivity (Wildman–Crippen MR) is 144 cm³/mol. The maximum Gasteiger partial charge on any atom is 0.325 e. The van der Waals surface area contributed by atoms with Crippen molar-refractivity contribution in [3.8, 4) is 0 Å². The largest absolute Gasteiger partial charge is 0.468 e. The number of urea groups is 1. The Morgan fingerprint density at radius 2 is 1.51 bits per heavy atom. The summed E-state index contributed by atoms with van der Waals surface area (Å²) in [5.74, 6) is -0.779. The molecule has 0 unspecified atom stereocenters. The lowest BCUT2D eigenvalue weighted by molar-refractivity contribution is -0.138. The van der Waals surface area contributed by atoms with E-state index in [-0.39, 0.29) is 18.2 Å². The summed E-state index contributed by atoms with van der Waals surface area (Å²) in [7, 11) is 1.35. The number of aromatic nitrogens is 1. The predicted octanol–water partition coefficient (Wildman–Crippen LogP) is 5.03. The van der Waals surface area contributed by atoms with E-state index in [9.17, 15) is 14.4 Å². The maximum atomic E-state index is 12.7. The lowest BCUT2D eigenvalue weighted by Crippen LogP contribution is -2.28. The van der Waals surface area contributed by atoms with Crippen molar-refractivity contribution >= 4 is 51.4 Å². The Kier molecular flexibility index (Phi) is 8.45. The molecule has 0 fully saturated rings. The van der Waals surface area contributed by atoms with Crippen molar-refractivity contribution in [1.82, 2.24) is 10.3 Å². The van der Waals surface area contributed by atoms with Gasteiger partial charge in [0.1, 0.15) is 12.2 Å². The molecule has 4 aromatic rings. The van der Waals surface area contributed by atoms with E-state index in [0.29, 0.717) is 17.4 Å². The van der Waals surface area contributed by atoms with Gasteiger partial charge in [0.05, 0.1) is 7.11 Å². The molecule has 3 N–H and O–H groups in total. The number of nitrogens with one attached hydrogen (secondary N) is 3. The molecule has 4 rings (SSSR count). The van der Waals surface area contributed by atoms with E-state index in [1.807, 2.05) is 65.6 Å². The molecule has 0 aliphatic carbocycles. The summed E-state index contributed by atoms with van der Waals surface area (Å²) in [4.78, 5) is 42.8. The molecule has 1 aromatic heterocycles. The first kappa shape index (κ1) is 25.4. The number of benzene rings is 3. The minimum absolute atomic E-state index is 0.0414. The average Bonchev–Trinajstić information content (AvgIpc) is 3.40. The molecule has 0 spiro atoms. The molecule has 0 saturated heterocycles. The van der Waals surface area contributed by atoms with Crippen molar-refractivity contribution in [2.45, 2.75) is 6.54 Å². The van der Waals surface area contributed by atoms with Crippen molar-refractivity contribution in [2.24, 2.45) is 0 Å². The zero-order valence-electron chi connectivity index (χ0n) is 20.0. The third-order valence-corrected chi connectivity index (χ3v) is 6.03. The number of ether oxygens (including phenoxy) is 1. The Morgan fingerprint density at radius 1 is 0.865 bits per heavy atom. The van der Waals surface area contributed by atoms with Crippen molar-refractivity contribution in [1.29, 1.82) is 0 Å². The van der Waals surface area contributed by atoms with E-state index in [0.717, 1.165) is 28.3 Å². The zero-order valence-corrected chi connectivity index (χ0v) is 20.8. The third kappa shape index (κ3) is 7.15. The first-order valence-corrected chi connectivity index (χ1v) is 12.2. The van der Waals surface area contributed by atoms with Crippen molar-refractivity contribution in [3.63, 3.8) is 0 Å². The van der Waals surface area contributed by atoms with E-state index in [2.05, 4.69) is 20.9 Å². The molecule has 0 aliphatic heterocycles. The summed E-state index contributed by atoms with van der Waals surface area (Å²) < 4.78 is 4.84. The Morgan fingerprint density at radius 3 is 2.19 bits per heavy atom. The van der Waals surface area contributed by atoms with E-state index >= 15 is 0 Å². The molecule has 37 heavy (non-hydrogen) atoms. The summed E-state index contributed by atoms with van der Waals surface area (Å²) in [5.41, 5.74) is 3.31. The van der Waals surface area contributed by atoms with Gasteiger partial charge in [-0.1, -0.05) is 48.5 Å². The van der Waals surface area contributed by atoms with Gasteiger partial charge in [0.25, 0.3) is 5.91 Å². The minimum atomic E-state index is -0.407. The van der Waals surface area contributed by atoms with Crippen LogP contribution in [0.5, 0.6) is 0 Å². The molecule has 0 saturated carbocycles. The van der Waals surface area contributed by atoms with Gasteiger partial charge in [-0.2, -0.15) is 0 Å². The normalized spacial score (nSPS) is 10.3. The first-order chi connectivity index (χ1) is 18.0. The number of para-hydroxylation sites is 1. The molecule has 10 heteroatoms. The van der Waals surface area contributed by atoms with Crippen LogP contribution in [-0.2, 0) is 16.1 Å². The van der Waals surface area contributed by atoms with Gasteiger partial charge in [-0.15, -0.1) is 11.3 Å². The summed E-state index contributed by atoms with van der Waals surface area (Å²) in [6.45, 7) is 0.419. The van der Waals surface area contributed by atoms with Gasteiger partial charge in [0.15, 0.2) is 5.13 Å². The highest BCUT2D eigenvalue weighted by Crippen LogP contribution is 2.27. The minimum Gasteiger partial charge on any atom is -0.468 e. The summed E-state index contributed by atoms with van der Waals surface area (Å²) in [6, 6.07) is 25.7. The topological polar surface area (TPSA) is 113 Å². The fourth-order valence-electron chi connectivity index (χ4n) is 3.41. The number of hydrogen-bond donors (Lipinski definition) is 3. The van der Waals surface area contributed by atoms with Gasteiger partial charge in [-0.05, 0) is 42.0 Å². The van der Waals surface area contributed by atoms with Gasteiger partial charge >= 0.3 is 12.0 Å². The molecule has 0 bridgehead atoms. The standard InChI is InChI=1S/C27H25N5O4S/c1-36-24(33)17-32(21-10-6-3-7-11-21)22-14-12-20(13-15-22)29-25(34)23-18-37-27(30-23)31-26(35)28-16-19-8-4-2-5-9-19/h2-15,18H,16-17H2,1H3,(H,29,34)(H2,28,30,31,35). The number of rotatable bonds is 9. The lowest BCUT2D eigenvalue weighted by atomic mass is 10.2. The number of nitrogens with zero attached hydrogens (tertiary/aromatic N) is 2. The van der Waals surface area contributed by atoms with Gasteiger partial charge in [0.2, 0.25) is 0 Å². The van der Waals surface area contributed by atoms with Crippen LogP contribution >= 0.6 is 11.3 Å². The van der Waals surface area contributed by atoms with Crippen LogP contribution in [0.4, 0.5) is 27.0 Å². The van der Waals surface area contributed by atoms with Crippen LogP contribution in [-0.4, -0.2) is 36.5 Å². The number of esters is 1. The highest BCUT2D eigenvalue weighted by atomic mass is 32.1. The van der Waals surface area contributed by atoms with E-state index < -0.39 is 11.9 Å². The van der Waals surface area contributed by atoms with Crippen LogP contribution in [0.3, 0.4) is 0 Å². The maximum absolute atomic E-state index is 12.7. The fourth-order valence-corrected chi connectivity index (χ4v) is 4.09. The Balaban J connectivity index is 1.35. The van der Waals surface area contributed by atoms with E-state index in [1.54, 1.807) is 29.6 Å². The van der Waals surface area contributed by atoms with Crippen LogP contribution in [0.1, 0.15) is 16.1 Å². The van der Waals surface area contributed by atoms with E-state index in [4.69, 9.17) is 4.74 Å². The average molecular weight is 516 g/mol. The van der Waals surface area contributed by atoms with Gasteiger partial charge < -0.3 is 20.3 Å². The molecule has 0 aliphatic rings. The van der Waals surface area contributed by atoms with Crippen LogP contribution < -0.4 is 20.9 Å². The second-order valence-electron chi connectivity index (χ2n) is 7.83. The van der Waals surface area contributed by atoms with E-state index in [1.165, 1.54) is 7.11 Å². The first-order valence-electron chi connectivity index (χ1n) is 11.4. The summed E-state index contributed by atoms with van der Waals surface area (Å²) >= 11 is 1.16. The number of carbonyl (C=O) groups is 3. The Hall–Kier alpha value is -4.70. The van der Waals surface area contributed by atoms with Crippen molar-refractivity contribution in [3.05, 3.63) is 102 Å². The number of amides is 3. The number of methoxy groups -OCH3 is 1. The monoisotopic (exact) mass is 515 g/mol. The molecule has 0 atom stereocenters. The van der Waals surface area contributed by atoms with Crippen LogP contribution in [0, 0.1) is 0 Å². The van der Waals surface area contributed by atoms with Gasteiger partial charge in [-0.3, -0.25) is 14.9 Å². The van der Waals surface area contributed by atoms with Crippen LogP contribution in [0.2, 0.25) is 0 Å². The smallest absolute Gasteiger partial charge is 0.325 e. The number of thiazole rings is 1. The molecule has 9 nitrogen and oxygen atoms in total. The quantitative estimate of drug-likeness (QED) is 0.270. The molecule has 0 radical (unpaired) electrons. The van der Waals surface area contributed by atoms with Crippen LogP contribution in [0.15, 0.2) is 90.3 Å². The molecule has 3 amide bonds. The SMILES string of the molecule is COC(=O)CN(c1ccccc1)c1ccc(NC(=O)c2csc(NC(=O)NCc3ccccc3)n2)cc1. The molecular formula is C27H25N5O4S. The van der Waals surface area contributed by atoms with Crippen molar-refractivity contribution < 1.29 is 19.1 Å². The lowest BCUT2D eigenvalue weighted by Gasteiger charge is -2.24.